The SMILES string of the molecule is CCCOc1ccc([C@H]2C(=C(O)c3ccc(C)cc3)C(=O)C(=O)N2CCN2CCOCC2)cc1OC. The van der Waals surface area contributed by atoms with Gasteiger partial charge >= 0.3 is 0 Å². The molecule has 8 heteroatoms. The fraction of sp³-hybridized carbons (Fsp3) is 0.429. The van der Waals surface area contributed by atoms with Crippen molar-refractivity contribution in [3.05, 3.63) is 64.7 Å². The molecule has 0 radical (unpaired) electrons. The van der Waals surface area contributed by atoms with Crippen molar-refractivity contribution in [2.75, 3.05) is 53.1 Å². The van der Waals surface area contributed by atoms with Crippen LogP contribution in [0.25, 0.3) is 5.76 Å². The quantitative estimate of drug-likeness (QED) is 0.324. The zero-order valence-corrected chi connectivity index (χ0v) is 21.2. The Hall–Kier alpha value is -3.36. The number of aliphatic hydroxyl groups excluding tert-OH is 1. The van der Waals surface area contributed by atoms with Gasteiger partial charge in [-0.25, -0.2) is 0 Å². The van der Waals surface area contributed by atoms with Gasteiger partial charge in [-0.15, -0.1) is 0 Å². The van der Waals surface area contributed by atoms with Gasteiger partial charge in [-0.3, -0.25) is 14.5 Å². The molecular formula is C28H34N2O6. The minimum absolute atomic E-state index is 0.0788. The highest BCUT2D eigenvalue weighted by Gasteiger charge is 2.46. The van der Waals surface area contributed by atoms with Gasteiger partial charge in [0.25, 0.3) is 11.7 Å². The number of aliphatic hydroxyl groups is 1. The van der Waals surface area contributed by atoms with Crippen LogP contribution in [-0.4, -0.2) is 79.7 Å². The average molecular weight is 495 g/mol. The molecule has 2 aromatic carbocycles. The Morgan fingerprint density at radius 2 is 1.78 bits per heavy atom. The summed E-state index contributed by atoms with van der Waals surface area (Å²) in [5.74, 6) is -0.392. The van der Waals surface area contributed by atoms with Crippen LogP contribution in [0.2, 0.25) is 0 Å². The van der Waals surface area contributed by atoms with Gasteiger partial charge in [0, 0.05) is 31.7 Å². The first-order valence-corrected chi connectivity index (χ1v) is 12.4. The Balaban J connectivity index is 1.75. The highest BCUT2D eigenvalue weighted by Crippen LogP contribution is 2.42. The third kappa shape index (κ3) is 5.39. The summed E-state index contributed by atoms with van der Waals surface area (Å²) in [5, 5.41) is 11.3. The first kappa shape index (κ1) is 25.7. The molecule has 1 atom stereocenters. The van der Waals surface area contributed by atoms with Gasteiger partial charge < -0.3 is 24.2 Å². The normalized spacial score (nSPS) is 20.1. The first-order chi connectivity index (χ1) is 17.4. The van der Waals surface area contributed by atoms with E-state index in [0.717, 1.165) is 25.1 Å². The van der Waals surface area contributed by atoms with Gasteiger partial charge in [0.1, 0.15) is 5.76 Å². The Bertz CT molecular complexity index is 1120. The fourth-order valence-electron chi connectivity index (χ4n) is 4.58. The third-order valence-electron chi connectivity index (χ3n) is 6.59. The predicted molar refractivity (Wildman–Crippen MR) is 136 cm³/mol. The summed E-state index contributed by atoms with van der Waals surface area (Å²) in [6, 6.07) is 11.9. The molecule has 0 bridgehead atoms. The van der Waals surface area contributed by atoms with Crippen LogP contribution in [0.1, 0.15) is 36.1 Å². The molecular weight excluding hydrogens is 460 g/mol. The molecule has 1 amide bonds. The maximum atomic E-state index is 13.3. The largest absolute Gasteiger partial charge is 0.507 e. The maximum Gasteiger partial charge on any atom is 0.295 e. The number of amides is 1. The van der Waals surface area contributed by atoms with Crippen LogP contribution in [-0.2, 0) is 14.3 Å². The molecule has 0 unspecified atom stereocenters. The molecule has 36 heavy (non-hydrogen) atoms. The fourth-order valence-corrected chi connectivity index (χ4v) is 4.58. The molecule has 2 heterocycles. The van der Waals surface area contributed by atoms with Gasteiger partial charge in [-0.2, -0.15) is 0 Å². The molecule has 0 saturated carbocycles. The summed E-state index contributed by atoms with van der Waals surface area (Å²) in [4.78, 5) is 30.3. The van der Waals surface area contributed by atoms with Crippen LogP contribution >= 0.6 is 0 Å². The molecule has 192 valence electrons. The Morgan fingerprint density at radius 3 is 2.44 bits per heavy atom. The highest BCUT2D eigenvalue weighted by molar-refractivity contribution is 6.46. The molecule has 1 N–H and O–H groups in total. The first-order valence-electron chi connectivity index (χ1n) is 12.4. The summed E-state index contributed by atoms with van der Waals surface area (Å²) >= 11 is 0. The van der Waals surface area contributed by atoms with E-state index in [1.807, 2.05) is 32.0 Å². The minimum Gasteiger partial charge on any atom is -0.507 e. The number of ether oxygens (including phenoxy) is 3. The highest BCUT2D eigenvalue weighted by atomic mass is 16.5. The number of Topliss-reactive ketones (excluding diaryl/α,β-unsaturated/α-hetero) is 1. The van der Waals surface area contributed by atoms with Crippen LogP contribution in [0.3, 0.4) is 0 Å². The number of carbonyl (C=O) groups is 2. The second-order valence-electron chi connectivity index (χ2n) is 9.07. The van der Waals surface area contributed by atoms with E-state index < -0.39 is 17.7 Å². The van der Waals surface area contributed by atoms with Crippen molar-refractivity contribution in [2.24, 2.45) is 0 Å². The van der Waals surface area contributed by atoms with Gasteiger partial charge in [0.05, 0.1) is 38.5 Å². The van der Waals surface area contributed by atoms with E-state index in [2.05, 4.69) is 4.90 Å². The number of aryl methyl sites for hydroxylation is 1. The van der Waals surface area contributed by atoms with Gasteiger partial charge in [-0.05, 0) is 31.0 Å². The molecule has 8 nitrogen and oxygen atoms in total. The second kappa shape index (κ2) is 11.6. The van der Waals surface area contributed by atoms with Crippen LogP contribution in [0.4, 0.5) is 0 Å². The zero-order valence-electron chi connectivity index (χ0n) is 21.2. The number of likely N-dealkylation sites (tertiary alicyclic amines) is 1. The molecule has 2 aliphatic rings. The topological polar surface area (TPSA) is 88.5 Å². The lowest BCUT2D eigenvalue weighted by Gasteiger charge is -2.31. The van der Waals surface area contributed by atoms with E-state index in [0.29, 0.717) is 55.5 Å². The zero-order chi connectivity index (χ0) is 25.7. The Labute approximate surface area is 212 Å². The van der Waals surface area contributed by atoms with Gasteiger partial charge in [0.2, 0.25) is 0 Å². The standard InChI is InChI=1S/C28H34N2O6/c1-4-15-36-22-10-9-21(18-23(22)34-3)25-24(26(31)20-7-5-19(2)6-8-20)27(32)28(33)30(25)12-11-29-13-16-35-17-14-29/h5-10,18,25,31H,4,11-17H2,1-3H3/t25-/m0/s1. The molecule has 0 aliphatic carbocycles. The lowest BCUT2D eigenvalue weighted by atomic mass is 9.94. The summed E-state index contributed by atoms with van der Waals surface area (Å²) in [6.07, 6.45) is 0.850. The van der Waals surface area contributed by atoms with Crippen molar-refractivity contribution in [1.29, 1.82) is 0 Å². The van der Waals surface area contributed by atoms with Crippen LogP contribution < -0.4 is 9.47 Å². The van der Waals surface area contributed by atoms with Crippen molar-refractivity contribution in [3.63, 3.8) is 0 Å². The average Bonchev–Trinajstić information content (AvgIpc) is 3.16. The number of benzene rings is 2. The summed E-state index contributed by atoms with van der Waals surface area (Å²) in [5.41, 5.74) is 2.27. The number of hydrogen-bond donors (Lipinski definition) is 1. The lowest BCUT2D eigenvalue weighted by molar-refractivity contribution is -0.140. The van der Waals surface area contributed by atoms with Crippen molar-refractivity contribution in [3.8, 4) is 11.5 Å². The minimum atomic E-state index is -0.749. The van der Waals surface area contributed by atoms with E-state index in [9.17, 15) is 14.7 Å². The van der Waals surface area contributed by atoms with Crippen molar-refractivity contribution in [1.82, 2.24) is 9.80 Å². The number of ketones is 1. The maximum absolute atomic E-state index is 13.3. The predicted octanol–water partition coefficient (Wildman–Crippen LogP) is 3.55. The number of nitrogens with zero attached hydrogens (tertiary/aromatic N) is 2. The van der Waals surface area contributed by atoms with E-state index in [4.69, 9.17) is 14.2 Å². The number of rotatable bonds is 9. The third-order valence-corrected chi connectivity index (χ3v) is 6.59. The summed E-state index contributed by atoms with van der Waals surface area (Å²) in [6.45, 7) is 8.29. The van der Waals surface area contributed by atoms with Crippen molar-refractivity contribution >= 4 is 17.4 Å². The Morgan fingerprint density at radius 1 is 1.06 bits per heavy atom. The second-order valence-corrected chi connectivity index (χ2v) is 9.07. The van der Waals surface area contributed by atoms with Crippen molar-refractivity contribution < 1.29 is 28.9 Å². The van der Waals surface area contributed by atoms with Crippen molar-refractivity contribution in [2.45, 2.75) is 26.3 Å². The van der Waals surface area contributed by atoms with E-state index >= 15 is 0 Å². The monoisotopic (exact) mass is 494 g/mol. The summed E-state index contributed by atoms with van der Waals surface area (Å²) in [7, 11) is 1.56. The molecule has 0 spiro atoms. The molecule has 2 fully saturated rings. The molecule has 0 aromatic heterocycles. The number of methoxy groups -OCH3 is 1. The van der Waals surface area contributed by atoms with E-state index in [1.165, 1.54) is 0 Å². The van der Waals surface area contributed by atoms with Crippen LogP contribution in [0, 0.1) is 6.92 Å². The van der Waals surface area contributed by atoms with Crippen LogP contribution in [0.5, 0.6) is 11.5 Å². The number of morpholine rings is 1. The smallest absolute Gasteiger partial charge is 0.295 e. The Kier molecular flexibility index (Phi) is 8.28. The van der Waals surface area contributed by atoms with E-state index in [1.54, 1.807) is 36.3 Å². The van der Waals surface area contributed by atoms with Gasteiger partial charge in [0.15, 0.2) is 11.5 Å². The summed E-state index contributed by atoms with van der Waals surface area (Å²) < 4.78 is 16.8. The number of carbonyl (C=O) groups excluding carboxylic acids is 2. The molecule has 2 aromatic rings. The van der Waals surface area contributed by atoms with Gasteiger partial charge in [-0.1, -0.05) is 42.8 Å². The van der Waals surface area contributed by atoms with E-state index in [-0.39, 0.29) is 11.3 Å². The molecule has 4 rings (SSSR count). The lowest BCUT2D eigenvalue weighted by Crippen LogP contribution is -2.42. The molecule has 2 aliphatic heterocycles. The molecule has 2 saturated heterocycles. The number of hydrogen-bond acceptors (Lipinski definition) is 7. The van der Waals surface area contributed by atoms with Crippen LogP contribution in [0.15, 0.2) is 48.0 Å².